The summed E-state index contributed by atoms with van der Waals surface area (Å²) in [4.78, 5) is 12.5. The van der Waals surface area contributed by atoms with E-state index in [4.69, 9.17) is 10.0 Å². The van der Waals surface area contributed by atoms with Gasteiger partial charge in [0.25, 0.3) is 10.1 Å². The van der Waals surface area contributed by atoms with E-state index in [2.05, 4.69) is 20.8 Å². The molecule has 4 aliphatic carbocycles. The van der Waals surface area contributed by atoms with E-state index in [1.54, 1.807) is 0 Å². The smallest absolute Gasteiger partial charge is 0.266 e. The zero-order chi connectivity index (χ0) is 28.5. The largest absolute Gasteiger partial charge is 0.393 e. The van der Waals surface area contributed by atoms with E-state index in [9.17, 15) is 23.4 Å². The number of aliphatic hydroxyl groups is 2. The van der Waals surface area contributed by atoms with Crippen LogP contribution in [0, 0.1) is 46.3 Å². The molecular weight excluding hydrogens is 454 g/mol. The van der Waals surface area contributed by atoms with Crippen LogP contribution in [-0.4, -0.2) is 53.5 Å². The van der Waals surface area contributed by atoms with Gasteiger partial charge in [0.15, 0.2) is 0 Å². The van der Waals surface area contributed by atoms with E-state index in [-0.39, 0.29) is 35.2 Å². The third-order valence-corrected chi connectivity index (χ3v) is 11.0. The molecule has 0 aromatic heterocycles. The van der Waals surface area contributed by atoms with E-state index in [0.29, 0.717) is 36.5 Å². The molecule has 34 heavy (non-hydrogen) atoms. The number of hydrogen-bond donors (Lipinski definition) is 4. The molecule has 4 rings (SSSR count). The van der Waals surface area contributed by atoms with Crippen LogP contribution < -0.4 is 5.32 Å². The summed E-state index contributed by atoms with van der Waals surface area (Å²) in [6, 6.07) is 0. The zero-order valence-corrected chi connectivity index (χ0v) is 21.5. The number of carbonyl (C=O) groups is 1. The summed E-state index contributed by atoms with van der Waals surface area (Å²) >= 11 is 0. The van der Waals surface area contributed by atoms with Crippen molar-refractivity contribution < 1.29 is 33.5 Å². The Morgan fingerprint density at radius 2 is 1.74 bits per heavy atom. The van der Waals surface area contributed by atoms with Crippen molar-refractivity contribution in [3.63, 3.8) is 0 Å². The first kappa shape index (κ1) is 21.4. The van der Waals surface area contributed by atoms with E-state index in [0.717, 1.165) is 44.9 Å². The number of nitrogens with one attached hydrogen (secondary N) is 1. The summed E-state index contributed by atoms with van der Waals surface area (Å²) in [6.07, 6.45) is 7.18. The predicted octanol–water partition coefficient (Wildman–Crippen LogP) is 3.40. The van der Waals surface area contributed by atoms with Crippen molar-refractivity contribution in [1.82, 2.24) is 5.32 Å². The molecule has 0 aromatic carbocycles. The molecule has 0 heterocycles. The van der Waals surface area contributed by atoms with Crippen LogP contribution in [0.25, 0.3) is 0 Å². The molecule has 7 nitrogen and oxygen atoms in total. The number of rotatable bonds is 7. The summed E-state index contributed by atoms with van der Waals surface area (Å²) in [5, 5.41) is 23.3. The minimum atomic E-state index is -5.39. The van der Waals surface area contributed by atoms with E-state index >= 15 is 0 Å². The average Bonchev–Trinajstić information content (AvgIpc) is 3.15. The van der Waals surface area contributed by atoms with Gasteiger partial charge in [0, 0.05) is 15.7 Å². The topological polar surface area (TPSA) is 124 Å². The molecule has 4 saturated carbocycles. The van der Waals surface area contributed by atoms with Gasteiger partial charge in [-0.3, -0.25) is 9.35 Å². The molecule has 0 aliphatic heterocycles. The van der Waals surface area contributed by atoms with Crippen molar-refractivity contribution in [1.29, 1.82) is 0 Å². The van der Waals surface area contributed by atoms with Crippen molar-refractivity contribution in [2.24, 2.45) is 46.3 Å². The predicted molar refractivity (Wildman–Crippen MR) is 130 cm³/mol. The van der Waals surface area contributed by atoms with Crippen LogP contribution in [0.4, 0.5) is 0 Å². The Morgan fingerprint density at radius 3 is 2.44 bits per heavy atom. The highest BCUT2D eigenvalue weighted by Gasteiger charge is 2.62. The molecule has 196 valence electrons. The molecule has 0 aromatic rings. The molecule has 4 fully saturated rings. The van der Waals surface area contributed by atoms with Gasteiger partial charge in [-0.1, -0.05) is 20.8 Å². The Hall–Kier alpha value is -0.700. The molecule has 1 amide bonds. The molecule has 8 heteroatoms. The molecule has 4 N–H and O–H groups in total. The Morgan fingerprint density at radius 1 is 1.06 bits per heavy atom. The van der Waals surface area contributed by atoms with E-state index in [1.807, 2.05) is 5.32 Å². The molecule has 0 spiro atoms. The second-order valence-electron chi connectivity index (χ2n) is 12.2. The fourth-order valence-corrected chi connectivity index (χ4v) is 9.22. The first-order valence-corrected chi connectivity index (χ1v) is 14.4. The van der Waals surface area contributed by atoms with Crippen molar-refractivity contribution in [2.45, 2.75) is 97.2 Å². The maximum atomic E-state index is 12.5. The summed E-state index contributed by atoms with van der Waals surface area (Å²) < 4.78 is 61.9. The van der Waals surface area contributed by atoms with Gasteiger partial charge < -0.3 is 15.5 Å². The summed E-state index contributed by atoms with van der Waals surface area (Å²) in [5.74, 6) is 1.33. The molecule has 0 bridgehead atoms. The lowest BCUT2D eigenvalue weighted by Gasteiger charge is -2.62. The van der Waals surface area contributed by atoms with Gasteiger partial charge in [-0.05, 0) is 104 Å². The number of hydrogen-bond acceptors (Lipinski definition) is 5. The number of fused-ring (bicyclic) bond motifs is 5. The quantitative estimate of drug-likeness (QED) is 0.395. The van der Waals surface area contributed by atoms with Gasteiger partial charge in [0.2, 0.25) is 5.91 Å². The van der Waals surface area contributed by atoms with Gasteiger partial charge in [-0.2, -0.15) is 8.42 Å². The van der Waals surface area contributed by atoms with Crippen LogP contribution in [0.5, 0.6) is 0 Å². The SMILES string of the molecule is [2H]C([2H])(NC(=O)CC[C@@H](C)[C@H]1CC[C@H]2[C@@H]3C[C@H](O)[C@@H]4C[C@H](O)CC[C@]4(C)[C@H]3CC[C@]12C)C([2H])([2H])S(=O)(=O)O. The minimum absolute atomic E-state index is 0.0523. The zero-order valence-electron chi connectivity index (χ0n) is 24.7. The fraction of sp³-hybridized carbons (Fsp3) is 0.962. The monoisotopic (exact) mass is 503 g/mol. The Bertz CT molecular complexity index is 1030. The standard InChI is InChI=1S/C26H45NO6S/c1-16(4-7-24(30)27-12-13-34(31,32)33)19-5-6-20-18-15-23(29)22-14-17(28)8-10-26(22,3)21(18)9-11-25(19,20)2/h16-23,28-29H,4-15H2,1-3H3,(H,27,30)(H,31,32,33)/t16-,17-,18+,19-,20+,21+,22+,23+,25-,26-/m1/s1/i12D2,13D2. The Labute approximate surface area is 210 Å². The number of amides is 1. The Balaban J connectivity index is 1.41. The molecule has 0 saturated heterocycles. The van der Waals surface area contributed by atoms with Gasteiger partial charge >= 0.3 is 0 Å². The number of aliphatic hydroxyl groups excluding tert-OH is 2. The van der Waals surface area contributed by atoms with Crippen LogP contribution in [-0.2, 0) is 14.9 Å². The van der Waals surface area contributed by atoms with Crippen molar-refractivity contribution in [3.8, 4) is 0 Å². The molecule has 0 radical (unpaired) electrons. The van der Waals surface area contributed by atoms with Crippen LogP contribution in [0.15, 0.2) is 0 Å². The van der Waals surface area contributed by atoms with E-state index in [1.165, 1.54) is 0 Å². The average molecular weight is 504 g/mol. The maximum absolute atomic E-state index is 12.5. The maximum Gasteiger partial charge on any atom is 0.266 e. The molecule has 10 atom stereocenters. The summed E-state index contributed by atoms with van der Waals surface area (Å²) in [5.41, 5.74) is -3.55. The summed E-state index contributed by atoms with van der Waals surface area (Å²) in [6.45, 7) is 3.50. The van der Waals surface area contributed by atoms with Gasteiger partial charge in [-0.25, -0.2) is 0 Å². The fourth-order valence-electron chi connectivity index (χ4n) is 9.04. The highest BCUT2D eigenvalue weighted by molar-refractivity contribution is 7.85. The lowest BCUT2D eigenvalue weighted by Crippen LogP contribution is -2.58. The lowest BCUT2D eigenvalue weighted by atomic mass is 9.44. The van der Waals surface area contributed by atoms with Crippen LogP contribution in [0.1, 0.15) is 90.5 Å². The van der Waals surface area contributed by atoms with Crippen LogP contribution >= 0.6 is 0 Å². The third kappa shape index (κ3) is 4.94. The first-order valence-electron chi connectivity index (χ1n) is 15.0. The van der Waals surface area contributed by atoms with Gasteiger partial charge in [0.05, 0.1) is 20.7 Å². The van der Waals surface area contributed by atoms with Crippen LogP contribution in [0.2, 0.25) is 0 Å². The summed E-state index contributed by atoms with van der Waals surface area (Å²) in [7, 11) is -5.39. The second kappa shape index (κ2) is 9.64. The molecular formula is C26H45NO6S. The van der Waals surface area contributed by atoms with Crippen LogP contribution in [0.3, 0.4) is 0 Å². The lowest BCUT2D eigenvalue weighted by molar-refractivity contribution is -0.172. The highest BCUT2D eigenvalue weighted by Crippen LogP contribution is 2.68. The number of carbonyl (C=O) groups excluding carboxylic acids is 1. The minimum Gasteiger partial charge on any atom is -0.393 e. The normalized spacial score (nSPS) is 47.6. The van der Waals surface area contributed by atoms with Crippen molar-refractivity contribution >= 4 is 16.0 Å². The van der Waals surface area contributed by atoms with Crippen molar-refractivity contribution in [3.05, 3.63) is 0 Å². The first-order chi connectivity index (χ1) is 17.3. The molecule has 4 aliphatic rings. The third-order valence-electron chi connectivity index (χ3n) is 10.6. The van der Waals surface area contributed by atoms with Gasteiger partial charge in [0.1, 0.15) is 0 Å². The van der Waals surface area contributed by atoms with E-state index < -0.39 is 34.3 Å². The van der Waals surface area contributed by atoms with Gasteiger partial charge in [-0.15, -0.1) is 0 Å². The molecule has 0 unspecified atom stereocenters. The second-order valence-corrected chi connectivity index (χ2v) is 13.4. The highest BCUT2D eigenvalue weighted by atomic mass is 32.2. The Kier molecular flexibility index (Phi) is 6.06. The van der Waals surface area contributed by atoms with Crippen molar-refractivity contribution in [2.75, 3.05) is 12.2 Å².